The third-order valence-corrected chi connectivity index (χ3v) is 5.01. The molecule has 1 aliphatic rings. The van der Waals surface area contributed by atoms with Crippen molar-refractivity contribution in [2.45, 2.75) is 26.3 Å². The van der Waals surface area contributed by atoms with Crippen LogP contribution in [-0.4, -0.2) is 55.1 Å². The standard InChI is InChI=1S/C21H28N4O2/c1-4-16(2)23-17-5-10-20(22-15-17)21(26)25-13-11-24(12-14-25)18-6-8-19(27-3)9-7-18/h5-10,15-16,23H,4,11-14H2,1-3H3. The normalized spacial score (nSPS) is 15.4. The molecule has 1 amide bonds. The molecule has 1 fully saturated rings. The van der Waals surface area contributed by atoms with Crippen molar-refractivity contribution in [3.8, 4) is 5.75 Å². The van der Waals surface area contributed by atoms with E-state index in [0.717, 1.165) is 36.6 Å². The maximum Gasteiger partial charge on any atom is 0.272 e. The zero-order valence-electron chi connectivity index (χ0n) is 16.3. The summed E-state index contributed by atoms with van der Waals surface area (Å²) in [7, 11) is 1.67. The molecule has 0 spiro atoms. The lowest BCUT2D eigenvalue weighted by atomic mass is 10.2. The highest BCUT2D eigenvalue weighted by Gasteiger charge is 2.23. The number of benzene rings is 1. The Morgan fingerprint density at radius 1 is 1.15 bits per heavy atom. The van der Waals surface area contributed by atoms with Gasteiger partial charge >= 0.3 is 0 Å². The van der Waals surface area contributed by atoms with Gasteiger partial charge < -0.3 is 19.9 Å². The average molecular weight is 368 g/mol. The van der Waals surface area contributed by atoms with Gasteiger partial charge in [0.25, 0.3) is 5.91 Å². The highest BCUT2D eigenvalue weighted by atomic mass is 16.5. The average Bonchev–Trinajstić information content (AvgIpc) is 2.74. The maximum atomic E-state index is 12.7. The molecule has 6 heteroatoms. The molecule has 1 N–H and O–H groups in total. The van der Waals surface area contributed by atoms with E-state index in [9.17, 15) is 4.79 Å². The third kappa shape index (κ3) is 4.70. The highest BCUT2D eigenvalue weighted by molar-refractivity contribution is 5.92. The van der Waals surface area contributed by atoms with E-state index in [-0.39, 0.29) is 5.91 Å². The largest absolute Gasteiger partial charge is 0.497 e. The number of ether oxygens (including phenoxy) is 1. The zero-order chi connectivity index (χ0) is 19.2. The Morgan fingerprint density at radius 2 is 1.85 bits per heavy atom. The minimum atomic E-state index is -0.000490. The van der Waals surface area contributed by atoms with Crippen LogP contribution in [0.4, 0.5) is 11.4 Å². The number of carbonyl (C=O) groups excluding carboxylic acids is 1. The van der Waals surface area contributed by atoms with Gasteiger partial charge in [0.1, 0.15) is 11.4 Å². The van der Waals surface area contributed by atoms with E-state index in [0.29, 0.717) is 24.8 Å². The van der Waals surface area contributed by atoms with Gasteiger partial charge in [-0.2, -0.15) is 0 Å². The van der Waals surface area contributed by atoms with Crippen LogP contribution in [0.5, 0.6) is 5.75 Å². The number of piperazine rings is 1. The lowest BCUT2D eigenvalue weighted by Crippen LogP contribution is -2.49. The summed E-state index contributed by atoms with van der Waals surface area (Å²) in [6, 6.07) is 12.2. The van der Waals surface area contributed by atoms with Crippen molar-refractivity contribution < 1.29 is 9.53 Å². The molecule has 2 aromatic rings. The Labute approximate surface area is 161 Å². The number of methoxy groups -OCH3 is 1. The van der Waals surface area contributed by atoms with Crippen LogP contribution in [0, 0.1) is 0 Å². The molecule has 2 heterocycles. The first-order valence-electron chi connectivity index (χ1n) is 9.51. The molecular formula is C21H28N4O2. The van der Waals surface area contributed by atoms with Gasteiger partial charge in [-0.3, -0.25) is 4.79 Å². The number of nitrogens with one attached hydrogen (secondary N) is 1. The van der Waals surface area contributed by atoms with E-state index >= 15 is 0 Å². The van der Waals surface area contributed by atoms with Crippen molar-refractivity contribution in [2.24, 2.45) is 0 Å². The molecule has 3 rings (SSSR count). The van der Waals surface area contributed by atoms with E-state index in [2.05, 4.69) is 41.2 Å². The first kappa shape index (κ1) is 19.0. The smallest absolute Gasteiger partial charge is 0.272 e. The van der Waals surface area contributed by atoms with Crippen LogP contribution in [-0.2, 0) is 0 Å². The van der Waals surface area contributed by atoms with Crippen molar-refractivity contribution in [3.63, 3.8) is 0 Å². The molecule has 0 aliphatic carbocycles. The van der Waals surface area contributed by atoms with Crippen LogP contribution in [0.3, 0.4) is 0 Å². The van der Waals surface area contributed by atoms with Crippen LogP contribution in [0.15, 0.2) is 42.6 Å². The summed E-state index contributed by atoms with van der Waals surface area (Å²) in [4.78, 5) is 21.2. The fraction of sp³-hybridized carbons (Fsp3) is 0.429. The number of rotatable bonds is 6. The number of hydrogen-bond donors (Lipinski definition) is 1. The fourth-order valence-electron chi connectivity index (χ4n) is 3.12. The van der Waals surface area contributed by atoms with Crippen LogP contribution in [0.25, 0.3) is 0 Å². The number of anilines is 2. The second kappa shape index (κ2) is 8.75. The van der Waals surface area contributed by atoms with Crippen molar-refractivity contribution in [1.82, 2.24) is 9.88 Å². The van der Waals surface area contributed by atoms with Crippen molar-refractivity contribution in [3.05, 3.63) is 48.3 Å². The van der Waals surface area contributed by atoms with E-state index in [4.69, 9.17) is 4.74 Å². The Morgan fingerprint density at radius 3 is 2.41 bits per heavy atom. The number of amides is 1. The molecule has 0 bridgehead atoms. The molecule has 1 aromatic carbocycles. The van der Waals surface area contributed by atoms with E-state index in [1.165, 1.54) is 0 Å². The molecule has 0 saturated carbocycles. The minimum absolute atomic E-state index is 0.000490. The summed E-state index contributed by atoms with van der Waals surface area (Å²) >= 11 is 0. The Bertz CT molecular complexity index is 738. The summed E-state index contributed by atoms with van der Waals surface area (Å²) < 4.78 is 5.21. The number of aromatic nitrogens is 1. The first-order valence-corrected chi connectivity index (χ1v) is 9.51. The van der Waals surface area contributed by atoms with E-state index in [1.807, 2.05) is 29.2 Å². The molecule has 0 radical (unpaired) electrons. The van der Waals surface area contributed by atoms with Gasteiger partial charge in [-0.1, -0.05) is 6.92 Å². The van der Waals surface area contributed by atoms with Gasteiger partial charge in [0.15, 0.2) is 0 Å². The quantitative estimate of drug-likeness (QED) is 0.848. The van der Waals surface area contributed by atoms with Crippen molar-refractivity contribution >= 4 is 17.3 Å². The van der Waals surface area contributed by atoms with Gasteiger partial charge in [-0.25, -0.2) is 4.98 Å². The summed E-state index contributed by atoms with van der Waals surface area (Å²) in [5.74, 6) is 0.851. The Kier molecular flexibility index (Phi) is 6.16. The summed E-state index contributed by atoms with van der Waals surface area (Å²) in [5, 5.41) is 3.37. The highest BCUT2D eigenvalue weighted by Crippen LogP contribution is 2.21. The topological polar surface area (TPSA) is 57.7 Å². The summed E-state index contributed by atoms with van der Waals surface area (Å²) in [6.45, 7) is 7.27. The molecule has 144 valence electrons. The first-order chi connectivity index (χ1) is 13.1. The molecule has 6 nitrogen and oxygen atoms in total. The number of hydrogen-bond acceptors (Lipinski definition) is 5. The van der Waals surface area contributed by atoms with Gasteiger partial charge in [0, 0.05) is 37.9 Å². The molecule has 1 unspecified atom stereocenters. The van der Waals surface area contributed by atoms with Crippen LogP contribution < -0.4 is 15.0 Å². The van der Waals surface area contributed by atoms with Crippen LogP contribution in [0.1, 0.15) is 30.8 Å². The monoisotopic (exact) mass is 368 g/mol. The molecule has 1 saturated heterocycles. The predicted molar refractivity (Wildman–Crippen MR) is 109 cm³/mol. The number of carbonyl (C=O) groups is 1. The van der Waals surface area contributed by atoms with Gasteiger partial charge in [-0.05, 0) is 49.7 Å². The van der Waals surface area contributed by atoms with E-state index in [1.54, 1.807) is 13.3 Å². The maximum absolute atomic E-state index is 12.7. The van der Waals surface area contributed by atoms with Crippen molar-refractivity contribution in [1.29, 1.82) is 0 Å². The summed E-state index contributed by atoms with van der Waals surface area (Å²) in [6.07, 6.45) is 2.78. The molecule has 1 aromatic heterocycles. The second-order valence-corrected chi connectivity index (χ2v) is 6.86. The van der Waals surface area contributed by atoms with Gasteiger partial charge in [0.2, 0.25) is 0 Å². The van der Waals surface area contributed by atoms with Crippen LogP contribution >= 0.6 is 0 Å². The SMILES string of the molecule is CCC(C)Nc1ccc(C(=O)N2CCN(c3ccc(OC)cc3)CC2)nc1. The molecule has 27 heavy (non-hydrogen) atoms. The number of pyridine rings is 1. The second-order valence-electron chi connectivity index (χ2n) is 6.86. The van der Waals surface area contributed by atoms with Crippen molar-refractivity contribution in [2.75, 3.05) is 43.5 Å². The molecular weight excluding hydrogens is 340 g/mol. The Hall–Kier alpha value is -2.76. The predicted octanol–water partition coefficient (Wildman–Crippen LogP) is 3.26. The Balaban J connectivity index is 1.56. The van der Waals surface area contributed by atoms with Gasteiger partial charge in [0.05, 0.1) is 19.0 Å². The summed E-state index contributed by atoms with van der Waals surface area (Å²) in [5.41, 5.74) is 2.61. The third-order valence-electron chi connectivity index (χ3n) is 5.01. The zero-order valence-corrected chi connectivity index (χ0v) is 16.3. The number of nitrogens with zero attached hydrogens (tertiary/aromatic N) is 3. The fourth-order valence-corrected chi connectivity index (χ4v) is 3.12. The van der Waals surface area contributed by atoms with E-state index < -0.39 is 0 Å². The van der Waals surface area contributed by atoms with Crippen LogP contribution in [0.2, 0.25) is 0 Å². The molecule has 1 aliphatic heterocycles. The minimum Gasteiger partial charge on any atom is -0.497 e. The molecule has 1 atom stereocenters. The van der Waals surface area contributed by atoms with Gasteiger partial charge in [-0.15, -0.1) is 0 Å². The lowest BCUT2D eigenvalue weighted by Gasteiger charge is -2.36. The lowest BCUT2D eigenvalue weighted by molar-refractivity contribution is 0.0741.